The highest BCUT2D eigenvalue weighted by Crippen LogP contribution is 2.50. The molecule has 0 radical (unpaired) electrons. The molecule has 8 heteroatoms. The highest BCUT2D eigenvalue weighted by molar-refractivity contribution is 5.85. The third-order valence-corrected chi connectivity index (χ3v) is 6.75. The SMILES string of the molecule is CN[C@@H]1CCc2cc(OC)c(OC)c(OC)c2-c2ccc(N[C@H]3CCCCNC3=O)c(=O)cc21. The van der Waals surface area contributed by atoms with Gasteiger partial charge in [-0.05, 0) is 74.0 Å². The van der Waals surface area contributed by atoms with E-state index in [0.717, 1.165) is 47.9 Å². The van der Waals surface area contributed by atoms with Crippen LogP contribution in [0.5, 0.6) is 17.2 Å². The fourth-order valence-corrected chi connectivity index (χ4v) is 5.00. The van der Waals surface area contributed by atoms with E-state index in [9.17, 15) is 9.59 Å². The molecule has 0 spiro atoms. The van der Waals surface area contributed by atoms with E-state index in [-0.39, 0.29) is 17.4 Å². The Bertz CT molecular complexity index is 1130. The minimum atomic E-state index is -0.427. The summed E-state index contributed by atoms with van der Waals surface area (Å²) in [6.07, 6.45) is 4.13. The smallest absolute Gasteiger partial charge is 0.242 e. The van der Waals surface area contributed by atoms with Crippen molar-refractivity contribution in [3.8, 4) is 28.4 Å². The van der Waals surface area contributed by atoms with Gasteiger partial charge in [0.05, 0.1) is 27.0 Å². The summed E-state index contributed by atoms with van der Waals surface area (Å²) in [7, 11) is 6.70. The summed E-state index contributed by atoms with van der Waals surface area (Å²) in [5, 5.41) is 9.48. The number of carbonyl (C=O) groups excluding carboxylic acids is 1. The number of methoxy groups -OCH3 is 3. The van der Waals surface area contributed by atoms with Crippen molar-refractivity contribution in [2.45, 2.75) is 44.2 Å². The molecule has 0 bridgehead atoms. The number of anilines is 1. The Kier molecular flexibility index (Phi) is 7.26. The van der Waals surface area contributed by atoms with Gasteiger partial charge >= 0.3 is 0 Å². The van der Waals surface area contributed by atoms with Crippen molar-refractivity contribution in [2.24, 2.45) is 0 Å². The van der Waals surface area contributed by atoms with E-state index in [1.54, 1.807) is 33.5 Å². The van der Waals surface area contributed by atoms with E-state index in [4.69, 9.17) is 14.2 Å². The maximum Gasteiger partial charge on any atom is 0.242 e. The number of nitrogens with one attached hydrogen (secondary N) is 3. The van der Waals surface area contributed by atoms with E-state index in [2.05, 4.69) is 16.0 Å². The van der Waals surface area contributed by atoms with Gasteiger partial charge in [0.2, 0.25) is 17.1 Å². The van der Waals surface area contributed by atoms with Gasteiger partial charge < -0.3 is 30.2 Å². The summed E-state index contributed by atoms with van der Waals surface area (Å²) in [6, 6.07) is 6.92. The van der Waals surface area contributed by atoms with Gasteiger partial charge in [-0.2, -0.15) is 0 Å². The first-order valence-corrected chi connectivity index (χ1v) is 11.7. The number of aryl methyl sites for hydroxylation is 1. The molecule has 2 aromatic carbocycles. The van der Waals surface area contributed by atoms with Gasteiger partial charge in [-0.25, -0.2) is 0 Å². The average molecular weight is 468 g/mol. The van der Waals surface area contributed by atoms with Crippen LogP contribution in [0, 0.1) is 0 Å². The standard InChI is InChI=1S/C26H33N3O5/c1-27-18-10-8-15-13-22(32-2)24(33-3)25(34-4)23(15)16-9-11-19(21(30)14-17(16)18)29-20-7-5-6-12-28-26(20)31/h9,11,13-14,18,20,27H,5-8,10,12H2,1-4H3,(H,28,31)(H,29,30)/t18-,20+/m1/s1. The molecule has 34 heavy (non-hydrogen) atoms. The van der Waals surface area contributed by atoms with E-state index < -0.39 is 6.04 Å². The highest BCUT2D eigenvalue weighted by atomic mass is 16.5. The molecular weight excluding hydrogens is 434 g/mol. The molecule has 0 saturated carbocycles. The number of fused-ring (bicyclic) bond motifs is 3. The van der Waals surface area contributed by atoms with Crippen LogP contribution in [0.4, 0.5) is 5.69 Å². The first-order valence-electron chi connectivity index (χ1n) is 11.7. The molecule has 3 N–H and O–H groups in total. The molecule has 182 valence electrons. The van der Waals surface area contributed by atoms with Crippen LogP contribution >= 0.6 is 0 Å². The number of hydrogen-bond acceptors (Lipinski definition) is 7. The molecule has 0 unspecified atom stereocenters. The second kappa shape index (κ2) is 10.3. The minimum Gasteiger partial charge on any atom is -0.493 e. The summed E-state index contributed by atoms with van der Waals surface area (Å²) >= 11 is 0. The Balaban J connectivity index is 1.90. The number of amides is 1. The Hall–Kier alpha value is -3.26. The van der Waals surface area contributed by atoms with Crippen LogP contribution in [0.15, 0.2) is 29.1 Å². The number of carbonyl (C=O) groups is 1. The summed E-state index contributed by atoms with van der Waals surface area (Å²) in [6.45, 7) is 0.670. The van der Waals surface area contributed by atoms with Crippen LogP contribution in [-0.4, -0.2) is 46.9 Å². The van der Waals surface area contributed by atoms with Crippen molar-refractivity contribution in [1.82, 2.24) is 10.6 Å². The number of hydrogen-bond donors (Lipinski definition) is 3. The van der Waals surface area contributed by atoms with E-state index >= 15 is 0 Å². The molecule has 1 aliphatic carbocycles. The first kappa shape index (κ1) is 23.9. The van der Waals surface area contributed by atoms with Crippen molar-refractivity contribution in [3.05, 3.63) is 45.6 Å². The van der Waals surface area contributed by atoms with Crippen LogP contribution in [0.1, 0.15) is 42.9 Å². The van der Waals surface area contributed by atoms with Gasteiger partial charge in [0.25, 0.3) is 0 Å². The summed E-state index contributed by atoms with van der Waals surface area (Å²) in [4.78, 5) is 25.8. The van der Waals surface area contributed by atoms with E-state index in [1.807, 2.05) is 19.2 Å². The maximum absolute atomic E-state index is 13.3. The molecule has 8 nitrogen and oxygen atoms in total. The van der Waals surface area contributed by atoms with Gasteiger partial charge in [0.15, 0.2) is 11.5 Å². The van der Waals surface area contributed by atoms with Gasteiger partial charge in [-0.1, -0.05) is 6.07 Å². The Labute approximate surface area is 200 Å². The Morgan fingerprint density at radius 1 is 0.941 bits per heavy atom. The Morgan fingerprint density at radius 3 is 2.44 bits per heavy atom. The molecule has 4 rings (SSSR count). The lowest BCUT2D eigenvalue weighted by molar-refractivity contribution is -0.121. The molecule has 1 aliphatic heterocycles. The predicted molar refractivity (Wildman–Crippen MR) is 132 cm³/mol. The first-order chi connectivity index (χ1) is 16.5. The third-order valence-electron chi connectivity index (χ3n) is 6.75. The second-order valence-electron chi connectivity index (χ2n) is 8.67. The van der Waals surface area contributed by atoms with Gasteiger partial charge in [0.1, 0.15) is 6.04 Å². The maximum atomic E-state index is 13.3. The normalized spacial score (nSPS) is 19.6. The third kappa shape index (κ3) is 4.42. The van der Waals surface area contributed by atoms with Crippen LogP contribution in [0.25, 0.3) is 11.1 Å². The van der Waals surface area contributed by atoms with E-state index in [1.165, 1.54) is 0 Å². The molecule has 1 amide bonds. The van der Waals surface area contributed by atoms with Crippen molar-refractivity contribution in [2.75, 3.05) is 40.2 Å². The average Bonchev–Trinajstić information content (AvgIpc) is 3.21. The molecule has 2 atom stereocenters. The summed E-state index contributed by atoms with van der Waals surface area (Å²) in [5.41, 5.74) is 3.98. The second-order valence-corrected chi connectivity index (χ2v) is 8.67. The van der Waals surface area contributed by atoms with Crippen LogP contribution in [0.2, 0.25) is 0 Å². The monoisotopic (exact) mass is 467 g/mol. The summed E-state index contributed by atoms with van der Waals surface area (Å²) in [5.74, 6) is 1.63. The fraction of sp³-hybridized carbons (Fsp3) is 0.462. The highest BCUT2D eigenvalue weighted by Gasteiger charge is 2.29. The zero-order valence-corrected chi connectivity index (χ0v) is 20.2. The number of benzene rings is 1. The van der Waals surface area contributed by atoms with Gasteiger partial charge in [0, 0.05) is 18.2 Å². The lowest BCUT2D eigenvalue weighted by atomic mass is 9.95. The van der Waals surface area contributed by atoms with Crippen LogP contribution in [-0.2, 0) is 11.2 Å². The molecule has 1 fully saturated rings. The van der Waals surface area contributed by atoms with Crippen molar-refractivity contribution < 1.29 is 19.0 Å². The Morgan fingerprint density at radius 2 is 1.74 bits per heavy atom. The summed E-state index contributed by atoms with van der Waals surface area (Å²) < 4.78 is 17.0. The zero-order valence-electron chi connectivity index (χ0n) is 20.2. The van der Waals surface area contributed by atoms with Gasteiger partial charge in [-0.15, -0.1) is 0 Å². The molecule has 2 aromatic rings. The van der Waals surface area contributed by atoms with Crippen molar-refractivity contribution in [1.29, 1.82) is 0 Å². The molecule has 2 aliphatic rings. The van der Waals surface area contributed by atoms with Gasteiger partial charge in [-0.3, -0.25) is 9.59 Å². The molecule has 1 saturated heterocycles. The molecule has 0 aromatic heterocycles. The lowest BCUT2D eigenvalue weighted by Crippen LogP contribution is -2.38. The largest absolute Gasteiger partial charge is 0.493 e. The van der Waals surface area contributed by atoms with E-state index in [0.29, 0.717) is 35.9 Å². The number of ether oxygens (including phenoxy) is 3. The zero-order chi connectivity index (χ0) is 24.2. The minimum absolute atomic E-state index is 0.0294. The quantitative estimate of drug-likeness (QED) is 0.601. The molecular formula is C26H33N3O5. The van der Waals surface area contributed by atoms with Crippen LogP contribution < -0.4 is 35.6 Å². The number of rotatable bonds is 6. The lowest BCUT2D eigenvalue weighted by Gasteiger charge is -2.19. The predicted octanol–water partition coefficient (Wildman–Crippen LogP) is 3.03. The molecule has 1 heterocycles. The fourth-order valence-electron chi connectivity index (χ4n) is 5.00. The van der Waals surface area contributed by atoms with Crippen molar-refractivity contribution >= 4 is 11.6 Å². The topological polar surface area (TPSA) is 97.9 Å². The van der Waals surface area contributed by atoms with Crippen LogP contribution in [0.3, 0.4) is 0 Å². The van der Waals surface area contributed by atoms with Crippen molar-refractivity contribution in [3.63, 3.8) is 0 Å².